The third kappa shape index (κ3) is 6.27. The highest BCUT2D eigenvalue weighted by Gasteiger charge is 2.46. The molecule has 5 atom stereocenters. The van der Waals surface area contributed by atoms with E-state index in [2.05, 4.69) is 0 Å². The lowest BCUT2D eigenvalue weighted by Gasteiger charge is -2.39. The number of phenolic OH excluding ortho intramolecular Hbond substituents is 6. The van der Waals surface area contributed by atoms with Crippen LogP contribution in [0.4, 0.5) is 0 Å². The van der Waals surface area contributed by atoms with Gasteiger partial charge in [-0.3, -0.25) is 4.79 Å². The molecule has 1 aliphatic heterocycles. The van der Waals surface area contributed by atoms with Gasteiger partial charge < -0.3 is 64.6 Å². The fourth-order valence-corrected chi connectivity index (χ4v) is 4.52. The van der Waals surface area contributed by atoms with Crippen LogP contribution in [-0.4, -0.2) is 89.2 Å². The van der Waals surface area contributed by atoms with Gasteiger partial charge in [-0.15, -0.1) is 0 Å². The van der Waals surface area contributed by atoms with Crippen LogP contribution in [0.15, 0.2) is 63.8 Å². The Balaban J connectivity index is 1.43. The molecule has 3 aromatic carbocycles. The lowest BCUT2D eigenvalue weighted by atomic mass is 9.99. The summed E-state index contributed by atoms with van der Waals surface area (Å²) < 4.78 is 22.0. The Bertz CT molecular complexity index is 1850. The molecular formula is C30H26O15. The molecule has 1 fully saturated rings. The van der Waals surface area contributed by atoms with Crippen LogP contribution in [0.1, 0.15) is 5.56 Å². The number of aliphatic hydroxyl groups excluding tert-OH is 3. The van der Waals surface area contributed by atoms with E-state index in [0.717, 1.165) is 30.3 Å². The van der Waals surface area contributed by atoms with Gasteiger partial charge in [0.15, 0.2) is 28.8 Å². The summed E-state index contributed by atoms with van der Waals surface area (Å²) in [4.78, 5) is 25.8. The lowest BCUT2D eigenvalue weighted by molar-refractivity contribution is -0.278. The van der Waals surface area contributed by atoms with Crippen molar-refractivity contribution in [2.24, 2.45) is 0 Å². The van der Waals surface area contributed by atoms with Crippen LogP contribution in [0.3, 0.4) is 0 Å². The number of fused-ring (bicyclic) bond motifs is 1. The van der Waals surface area contributed by atoms with Gasteiger partial charge in [0, 0.05) is 23.8 Å². The van der Waals surface area contributed by atoms with Crippen molar-refractivity contribution in [3.05, 3.63) is 70.4 Å². The van der Waals surface area contributed by atoms with E-state index < -0.39 is 94.4 Å². The molecule has 0 radical (unpaired) electrons. The third-order valence-electron chi connectivity index (χ3n) is 6.86. The van der Waals surface area contributed by atoms with Gasteiger partial charge in [-0.1, -0.05) is 6.07 Å². The van der Waals surface area contributed by atoms with Crippen molar-refractivity contribution in [1.82, 2.24) is 0 Å². The predicted molar refractivity (Wildman–Crippen MR) is 152 cm³/mol. The number of rotatable bonds is 7. The molecule has 4 aromatic rings. The maximum absolute atomic E-state index is 13.6. The minimum Gasteiger partial charge on any atom is -0.508 e. The Kier molecular flexibility index (Phi) is 8.43. The van der Waals surface area contributed by atoms with E-state index in [1.54, 1.807) is 0 Å². The zero-order valence-corrected chi connectivity index (χ0v) is 22.8. The number of phenols is 6. The molecule has 0 spiro atoms. The number of esters is 1. The minimum absolute atomic E-state index is 0.0350. The molecule has 236 valence electrons. The molecule has 1 saturated heterocycles. The van der Waals surface area contributed by atoms with E-state index in [1.807, 2.05) is 0 Å². The number of aliphatic hydroxyl groups is 3. The van der Waals surface area contributed by atoms with E-state index in [0.29, 0.717) is 5.56 Å². The zero-order valence-electron chi connectivity index (χ0n) is 22.8. The van der Waals surface area contributed by atoms with E-state index in [4.69, 9.17) is 18.6 Å². The Morgan fingerprint density at radius 1 is 0.800 bits per heavy atom. The normalized spacial score (nSPS) is 21.6. The fourth-order valence-electron chi connectivity index (χ4n) is 4.52. The maximum Gasteiger partial charge on any atom is 0.330 e. The summed E-state index contributed by atoms with van der Waals surface area (Å²) in [5.74, 6) is -5.06. The van der Waals surface area contributed by atoms with Crippen molar-refractivity contribution in [2.75, 3.05) is 6.61 Å². The molecule has 0 saturated carbocycles. The molecule has 0 amide bonds. The Hall–Kier alpha value is -5.48. The second kappa shape index (κ2) is 12.3. The van der Waals surface area contributed by atoms with Gasteiger partial charge in [0.1, 0.15) is 53.5 Å². The summed E-state index contributed by atoms with van der Waals surface area (Å²) in [5.41, 5.74) is -1.02. The number of carbonyl (C=O) groups is 1. The smallest absolute Gasteiger partial charge is 0.330 e. The summed E-state index contributed by atoms with van der Waals surface area (Å²) >= 11 is 0. The number of aromatic hydroxyl groups is 6. The van der Waals surface area contributed by atoms with Gasteiger partial charge >= 0.3 is 5.97 Å². The summed E-state index contributed by atoms with van der Waals surface area (Å²) in [6, 6.07) is 9.02. The second-order valence-corrected chi connectivity index (χ2v) is 9.98. The van der Waals surface area contributed by atoms with Crippen LogP contribution >= 0.6 is 0 Å². The SMILES string of the molecule is O=C(/C=C/c1ccc(O)c(O)c1)OC[C@@H]1O[C@H](Oc2c(-c3ccc(O)c(O)c3)oc3cc(O)cc(O)c3c2=O)[C@@H](O)[C@H](O)[C@@H]1O. The van der Waals surface area contributed by atoms with Gasteiger partial charge in [0.05, 0.1) is 0 Å². The van der Waals surface area contributed by atoms with Crippen molar-refractivity contribution in [3.8, 4) is 51.6 Å². The van der Waals surface area contributed by atoms with Crippen molar-refractivity contribution in [1.29, 1.82) is 0 Å². The van der Waals surface area contributed by atoms with Crippen LogP contribution in [0.2, 0.25) is 0 Å². The summed E-state index contributed by atoms with van der Waals surface area (Å²) in [6.07, 6.45) is -6.85. The van der Waals surface area contributed by atoms with Crippen molar-refractivity contribution >= 4 is 23.0 Å². The fraction of sp³-hybridized carbons (Fsp3) is 0.200. The highest BCUT2D eigenvalue weighted by Crippen LogP contribution is 2.39. The highest BCUT2D eigenvalue weighted by atomic mass is 16.7. The lowest BCUT2D eigenvalue weighted by Crippen LogP contribution is -2.60. The van der Waals surface area contributed by atoms with Gasteiger partial charge in [-0.25, -0.2) is 4.79 Å². The number of hydrogen-bond donors (Lipinski definition) is 9. The number of benzene rings is 3. The molecule has 0 aliphatic carbocycles. The van der Waals surface area contributed by atoms with Crippen molar-refractivity contribution < 1.29 is 69.4 Å². The topological polar surface area (TPSA) is 257 Å². The molecule has 1 aliphatic rings. The molecule has 1 aromatic heterocycles. The van der Waals surface area contributed by atoms with E-state index in [-0.39, 0.29) is 16.9 Å². The summed E-state index contributed by atoms with van der Waals surface area (Å²) in [6.45, 7) is -0.667. The molecule has 9 N–H and O–H groups in total. The van der Waals surface area contributed by atoms with Gasteiger partial charge in [0.25, 0.3) is 0 Å². The first kappa shape index (κ1) is 31.0. The second-order valence-electron chi connectivity index (χ2n) is 9.98. The molecule has 5 rings (SSSR count). The molecule has 45 heavy (non-hydrogen) atoms. The van der Waals surface area contributed by atoms with E-state index >= 15 is 0 Å². The monoisotopic (exact) mass is 626 g/mol. The number of carbonyl (C=O) groups excluding carboxylic acids is 1. The van der Waals surface area contributed by atoms with Gasteiger partial charge in [-0.2, -0.15) is 0 Å². The molecule has 0 unspecified atom stereocenters. The van der Waals surface area contributed by atoms with E-state index in [9.17, 15) is 55.5 Å². The van der Waals surface area contributed by atoms with Gasteiger partial charge in [-0.05, 0) is 42.0 Å². The molecule has 15 heteroatoms. The minimum atomic E-state index is -1.97. The Labute approximate surface area is 251 Å². The van der Waals surface area contributed by atoms with Crippen molar-refractivity contribution in [2.45, 2.75) is 30.7 Å². The molecule has 0 bridgehead atoms. The zero-order chi connectivity index (χ0) is 32.6. The Morgan fingerprint density at radius 3 is 2.18 bits per heavy atom. The van der Waals surface area contributed by atoms with E-state index in [1.165, 1.54) is 30.3 Å². The first-order valence-corrected chi connectivity index (χ1v) is 13.1. The quantitative estimate of drug-likeness (QED) is 0.0791. The predicted octanol–water partition coefficient (Wildman–Crippen LogP) is 1.14. The van der Waals surface area contributed by atoms with Crippen LogP contribution < -0.4 is 10.2 Å². The van der Waals surface area contributed by atoms with Crippen LogP contribution in [0.25, 0.3) is 28.4 Å². The van der Waals surface area contributed by atoms with Crippen molar-refractivity contribution in [3.63, 3.8) is 0 Å². The standard InChI is InChI=1S/C30H26O15/c31-14-9-19(36)23-20(10-14)43-28(13-3-5-16(33)18(35)8-13)29(25(23)39)45-30-27(41)26(40)24(38)21(44-30)11-42-22(37)6-2-12-1-4-15(32)17(34)7-12/h1-10,21,24,26-27,30-36,38,40-41H,11H2/b6-2+/t21-,24+,26+,27-,30+/m0/s1. The van der Waals surface area contributed by atoms with Crippen LogP contribution in [0, 0.1) is 0 Å². The average Bonchev–Trinajstić information content (AvgIpc) is 2.99. The van der Waals surface area contributed by atoms with Crippen LogP contribution in [-0.2, 0) is 14.3 Å². The van der Waals surface area contributed by atoms with Crippen LogP contribution in [0.5, 0.6) is 40.2 Å². The number of ether oxygens (including phenoxy) is 3. The van der Waals surface area contributed by atoms with Gasteiger partial charge in [0.2, 0.25) is 17.5 Å². The molecular weight excluding hydrogens is 600 g/mol. The molecule has 15 nitrogen and oxygen atoms in total. The average molecular weight is 627 g/mol. The first-order valence-electron chi connectivity index (χ1n) is 13.1. The first-order chi connectivity index (χ1) is 21.3. The third-order valence-corrected chi connectivity index (χ3v) is 6.86. The maximum atomic E-state index is 13.6. The molecule has 2 heterocycles. The Morgan fingerprint density at radius 2 is 1.49 bits per heavy atom. The number of hydrogen-bond acceptors (Lipinski definition) is 15. The summed E-state index contributed by atoms with van der Waals surface area (Å²) in [5, 5.41) is 90.2. The summed E-state index contributed by atoms with van der Waals surface area (Å²) in [7, 11) is 0. The highest BCUT2D eigenvalue weighted by molar-refractivity contribution is 5.88. The largest absolute Gasteiger partial charge is 0.508 e.